The van der Waals surface area contributed by atoms with Crippen LogP contribution in [0.15, 0.2) is 42.5 Å². The summed E-state index contributed by atoms with van der Waals surface area (Å²) in [6.07, 6.45) is 0. The molecule has 20 heavy (non-hydrogen) atoms. The van der Waals surface area contributed by atoms with E-state index < -0.39 is 0 Å². The van der Waals surface area contributed by atoms with E-state index in [1.54, 1.807) is 0 Å². The number of rotatable bonds is 4. The highest BCUT2D eigenvalue weighted by Crippen LogP contribution is 2.27. The van der Waals surface area contributed by atoms with Gasteiger partial charge < -0.3 is 10.2 Å². The largest absolute Gasteiger partial charge is 0.378 e. The lowest BCUT2D eigenvalue weighted by atomic mass is 10.1. The molecule has 0 amide bonds. The smallest absolute Gasteiger partial charge is 0.0485 e. The maximum absolute atomic E-state index is 6.15. The molecular formula is C17H21ClN2. The summed E-state index contributed by atoms with van der Waals surface area (Å²) in [5, 5.41) is 4.31. The molecule has 2 aromatic rings. The third-order valence-electron chi connectivity index (χ3n) is 3.55. The Balaban J connectivity index is 2.15. The number of hydrogen-bond acceptors (Lipinski definition) is 2. The first-order chi connectivity index (χ1) is 9.49. The fraction of sp³-hybridized carbons (Fsp3) is 0.294. The molecular weight excluding hydrogens is 268 g/mol. The maximum atomic E-state index is 6.15. The molecule has 1 N–H and O–H groups in total. The molecule has 2 rings (SSSR count). The summed E-state index contributed by atoms with van der Waals surface area (Å²) in [5.74, 6) is 0. The Bertz CT molecular complexity index is 576. The summed E-state index contributed by atoms with van der Waals surface area (Å²) in [4.78, 5) is 2.10. The number of benzene rings is 2. The number of hydrogen-bond donors (Lipinski definition) is 1. The van der Waals surface area contributed by atoms with Crippen molar-refractivity contribution in [3.63, 3.8) is 0 Å². The van der Waals surface area contributed by atoms with Crippen LogP contribution >= 0.6 is 11.6 Å². The lowest BCUT2D eigenvalue weighted by molar-refractivity contribution is 0.882. The monoisotopic (exact) mass is 288 g/mol. The molecule has 3 heteroatoms. The van der Waals surface area contributed by atoms with E-state index in [1.807, 2.05) is 33.2 Å². The lowest BCUT2D eigenvalue weighted by Crippen LogP contribution is -2.10. The van der Waals surface area contributed by atoms with Gasteiger partial charge in [-0.25, -0.2) is 0 Å². The van der Waals surface area contributed by atoms with Gasteiger partial charge in [-0.15, -0.1) is 0 Å². The van der Waals surface area contributed by atoms with Crippen LogP contribution in [0.1, 0.15) is 24.1 Å². The minimum absolute atomic E-state index is 0.239. The van der Waals surface area contributed by atoms with Gasteiger partial charge in [-0.3, -0.25) is 0 Å². The molecule has 0 radical (unpaired) electrons. The normalized spacial score (nSPS) is 12.1. The quantitative estimate of drug-likeness (QED) is 0.862. The second-order valence-corrected chi connectivity index (χ2v) is 5.67. The van der Waals surface area contributed by atoms with E-state index in [-0.39, 0.29) is 6.04 Å². The van der Waals surface area contributed by atoms with Crippen molar-refractivity contribution in [2.75, 3.05) is 24.3 Å². The molecule has 0 aliphatic rings. The van der Waals surface area contributed by atoms with Gasteiger partial charge in [0.2, 0.25) is 0 Å². The SMILES string of the molecule is Cc1c(Cl)cccc1NC(C)c1ccc(N(C)C)cc1. The van der Waals surface area contributed by atoms with E-state index in [2.05, 4.69) is 47.5 Å². The molecule has 1 unspecified atom stereocenters. The molecule has 0 fully saturated rings. The topological polar surface area (TPSA) is 15.3 Å². The van der Waals surface area contributed by atoms with Crippen molar-refractivity contribution in [2.45, 2.75) is 19.9 Å². The Morgan fingerprint density at radius 2 is 1.70 bits per heavy atom. The van der Waals surface area contributed by atoms with Gasteiger partial charge in [0, 0.05) is 36.5 Å². The minimum atomic E-state index is 0.239. The van der Waals surface area contributed by atoms with Crippen LogP contribution in [0.2, 0.25) is 5.02 Å². The van der Waals surface area contributed by atoms with Gasteiger partial charge in [0.05, 0.1) is 0 Å². The molecule has 1 atom stereocenters. The summed E-state index contributed by atoms with van der Waals surface area (Å²) in [6.45, 7) is 4.19. The van der Waals surface area contributed by atoms with Gasteiger partial charge in [-0.05, 0) is 49.2 Å². The van der Waals surface area contributed by atoms with E-state index in [4.69, 9.17) is 11.6 Å². The van der Waals surface area contributed by atoms with Crippen LogP contribution in [0.4, 0.5) is 11.4 Å². The van der Waals surface area contributed by atoms with Gasteiger partial charge in [0.15, 0.2) is 0 Å². The second-order valence-electron chi connectivity index (χ2n) is 5.26. The Morgan fingerprint density at radius 3 is 2.30 bits per heavy atom. The van der Waals surface area contributed by atoms with E-state index in [0.29, 0.717) is 0 Å². The molecule has 0 aliphatic heterocycles. The van der Waals surface area contributed by atoms with Crippen molar-refractivity contribution >= 4 is 23.0 Å². The van der Waals surface area contributed by atoms with Crippen LogP contribution < -0.4 is 10.2 Å². The Hall–Kier alpha value is -1.67. The molecule has 0 saturated heterocycles. The minimum Gasteiger partial charge on any atom is -0.378 e. The third kappa shape index (κ3) is 3.26. The fourth-order valence-electron chi connectivity index (χ4n) is 2.14. The number of nitrogens with zero attached hydrogens (tertiary/aromatic N) is 1. The van der Waals surface area contributed by atoms with Crippen LogP contribution in [-0.4, -0.2) is 14.1 Å². The maximum Gasteiger partial charge on any atom is 0.0485 e. The zero-order chi connectivity index (χ0) is 14.7. The summed E-state index contributed by atoms with van der Waals surface area (Å²) < 4.78 is 0. The molecule has 0 spiro atoms. The molecule has 106 valence electrons. The number of nitrogens with one attached hydrogen (secondary N) is 1. The summed E-state index contributed by atoms with van der Waals surface area (Å²) in [6, 6.07) is 14.8. The predicted octanol–water partition coefficient (Wildman–Crippen LogP) is 4.89. The van der Waals surface area contributed by atoms with Crippen LogP contribution in [0.25, 0.3) is 0 Å². The Labute approximate surface area is 126 Å². The number of anilines is 2. The highest BCUT2D eigenvalue weighted by atomic mass is 35.5. The first-order valence-electron chi connectivity index (χ1n) is 6.78. The van der Waals surface area contributed by atoms with Gasteiger partial charge >= 0.3 is 0 Å². The van der Waals surface area contributed by atoms with Crippen molar-refractivity contribution in [1.82, 2.24) is 0 Å². The van der Waals surface area contributed by atoms with E-state index in [9.17, 15) is 0 Å². The summed E-state index contributed by atoms with van der Waals surface area (Å²) in [5.41, 5.74) is 4.64. The molecule has 0 bridgehead atoms. The molecule has 2 nitrogen and oxygen atoms in total. The molecule has 0 saturated carbocycles. The van der Waals surface area contributed by atoms with E-state index in [0.717, 1.165) is 16.3 Å². The average Bonchev–Trinajstić information content (AvgIpc) is 2.44. The number of halogens is 1. The van der Waals surface area contributed by atoms with Crippen molar-refractivity contribution in [2.24, 2.45) is 0 Å². The molecule has 0 aromatic heterocycles. The lowest BCUT2D eigenvalue weighted by Gasteiger charge is -2.19. The zero-order valence-electron chi connectivity index (χ0n) is 12.4. The average molecular weight is 289 g/mol. The van der Waals surface area contributed by atoms with Gasteiger partial charge in [-0.1, -0.05) is 29.8 Å². The first-order valence-corrected chi connectivity index (χ1v) is 7.16. The Morgan fingerprint density at radius 1 is 1.05 bits per heavy atom. The zero-order valence-corrected chi connectivity index (χ0v) is 13.2. The van der Waals surface area contributed by atoms with Gasteiger partial charge in [-0.2, -0.15) is 0 Å². The molecule has 0 aliphatic carbocycles. The van der Waals surface area contributed by atoms with Crippen molar-refractivity contribution < 1.29 is 0 Å². The second kappa shape index (κ2) is 6.19. The third-order valence-corrected chi connectivity index (χ3v) is 3.96. The van der Waals surface area contributed by atoms with E-state index in [1.165, 1.54) is 11.3 Å². The first kappa shape index (κ1) is 14.7. The van der Waals surface area contributed by atoms with Gasteiger partial charge in [0.1, 0.15) is 0 Å². The summed E-state index contributed by atoms with van der Waals surface area (Å²) >= 11 is 6.15. The van der Waals surface area contributed by atoms with Crippen LogP contribution in [0.3, 0.4) is 0 Å². The van der Waals surface area contributed by atoms with E-state index >= 15 is 0 Å². The van der Waals surface area contributed by atoms with Crippen molar-refractivity contribution in [3.05, 3.63) is 58.6 Å². The van der Waals surface area contributed by atoms with Crippen molar-refractivity contribution in [3.8, 4) is 0 Å². The standard InChI is InChI=1S/C17H21ClN2/c1-12-16(18)6-5-7-17(12)19-13(2)14-8-10-15(11-9-14)20(3)4/h5-11,13,19H,1-4H3. The van der Waals surface area contributed by atoms with Gasteiger partial charge in [0.25, 0.3) is 0 Å². The fourth-order valence-corrected chi connectivity index (χ4v) is 2.32. The summed E-state index contributed by atoms with van der Waals surface area (Å²) in [7, 11) is 4.10. The Kier molecular flexibility index (Phi) is 4.56. The van der Waals surface area contributed by atoms with Crippen LogP contribution in [0, 0.1) is 6.92 Å². The predicted molar refractivity (Wildman–Crippen MR) is 89.0 cm³/mol. The van der Waals surface area contributed by atoms with Crippen molar-refractivity contribution in [1.29, 1.82) is 0 Å². The molecule has 2 aromatic carbocycles. The highest BCUT2D eigenvalue weighted by molar-refractivity contribution is 6.31. The molecule has 0 heterocycles. The van der Waals surface area contributed by atoms with Crippen LogP contribution in [-0.2, 0) is 0 Å². The highest BCUT2D eigenvalue weighted by Gasteiger charge is 2.08. The van der Waals surface area contributed by atoms with Crippen LogP contribution in [0.5, 0.6) is 0 Å².